The molecule has 0 bridgehead atoms. The Morgan fingerprint density at radius 1 is 1.14 bits per heavy atom. The van der Waals surface area contributed by atoms with Gasteiger partial charge in [0.2, 0.25) is 0 Å². The molecule has 0 radical (unpaired) electrons. The van der Waals surface area contributed by atoms with Crippen molar-refractivity contribution in [2.24, 2.45) is 0 Å². The van der Waals surface area contributed by atoms with E-state index in [0.29, 0.717) is 32.1 Å². The molecule has 2 aromatic carbocycles. The Labute approximate surface area is 144 Å². The average Bonchev–Trinajstić information content (AvgIpc) is 2.46. The summed E-state index contributed by atoms with van der Waals surface area (Å²) in [5, 5.41) is 0.356. The zero-order chi connectivity index (χ0) is 15.6. The number of alkyl halides is 1. The summed E-state index contributed by atoms with van der Waals surface area (Å²) < 4.78 is 25.3. The van der Waals surface area contributed by atoms with Crippen LogP contribution in [0.4, 0.5) is 4.39 Å². The second kappa shape index (κ2) is 6.99. The lowest BCUT2D eigenvalue weighted by Crippen LogP contribution is -2.02. The summed E-state index contributed by atoms with van der Waals surface area (Å²) in [6.45, 7) is 0. The van der Waals surface area contributed by atoms with Crippen molar-refractivity contribution in [1.29, 1.82) is 0 Å². The molecule has 0 aliphatic heterocycles. The standard InChI is InChI=1S/C15H12Br2ClFO2/c1-20-11-7-6-8(15(21-2)14(11)18)13(17)12-9(16)4-3-5-10(12)19/h3-7,13H,1-2H3. The first kappa shape index (κ1) is 16.6. The summed E-state index contributed by atoms with van der Waals surface area (Å²) in [5.74, 6) is 0.637. The van der Waals surface area contributed by atoms with Crippen molar-refractivity contribution >= 4 is 43.5 Å². The quantitative estimate of drug-likeness (QED) is 0.567. The Kier molecular flexibility index (Phi) is 5.52. The van der Waals surface area contributed by atoms with Crippen LogP contribution in [0.25, 0.3) is 0 Å². The summed E-state index contributed by atoms with van der Waals surface area (Å²) in [7, 11) is 3.04. The molecule has 2 rings (SSSR count). The Morgan fingerprint density at radius 3 is 2.43 bits per heavy atom. The number of hydrogen-bond donors (Lipinski definition) is 0. The van der Waals surface area contributed by atoms with Crippen molar-refractivity contribution in [2.75, 3.05) is 14.2 Å². The van der Waals surface area contributed by atoms with Gasteiger partial charge in [0.1, 0.15) is 22.3 Å². The van der Waals surface area contributed by atoms with Crippen LogP contribution in [0.2, 0.25) is 5.02 Å². The first-order chi connectivity index (χ1) is 10.0. The van der Waals surface area contributed by atoms with Gasteiger partial charge in [0.15, 0.2) is 0 Å². The predicted octanol–water partition coefficient (Wildman–Crippen LogP) is 5.74. The smallest absolute Gasteiger partial charge is 0.145 e. The van der Waals surface area contributed by atoms with E-state index in [9.17, 15) is 4.39 Å². The Hall–Kier alpha value is -0.780. The largest absolute Gasteiger partial charge is 0.495 e. The summed E-state index contributed by atoms with van der Waals surface area (Å²) in [6, 6.07) is 8.35. The minimum absolute atomic E-state index is 0.319. The van der Waals surface area contributed by atoms with Gasteiger partial charge in [0.25, 0.3) is 0 Å². The lowest BCUT2D eigenvalue weighted by molar-refractivity contribution is 0.392. The van der Waals surface area contributed by atoms with Crippen LogP contribution in [0.1, 0.15) is 16.0 Å². The van der Waals surface area contributed by atoms with Crippen molar-refractivity contribution in [3.05, 3.63) is 56.8 Å². The molecular formula is C15H12Br2ClFO2. The number of halogens is 4. The maximum atomic E-state index is 14.1. The number of rotatable bonds is 4. The molecule has 1 unspecified atom stereocenters. The van der Waals surface area contributed by atoms with Gasteiger partial charge >= 0.3 is 0 Å². The molecule has 0 aliphatic rings. The summed E-state index contributed by atoms with van der Waals surface area (Å²) in [4.78, 5) is -0.411. The predicted molar refractivity (Wildman–Crippen MR) is 89.4 cm³/mol. The molecule has 2 aromatic rings. The van der Waals surface area contributed by atoms with E-state index in [-0.39, 0.29) is 5.82 Å². The minimum Gasteiger partial charge on any atom is -0.495 e. The monoisotopic (exact) mass is 436 g/mol. The van der Waals surface area contributed by atoms with Crippen LogP contribution >= 0.6 is 43.5 Å². The number of methoxy groups -OCH3 is 2. The number of ether oxygens (including phenoxy) is 2. The van der Waals surface area contributed by atoms with Crippen LogP contribution in [-0.4, -0.2) is 14.2 Å². The van der Waals surface area contributed by atoms with Crippen LogP contribution in [0.5, 0.6) is 11.5 Å². The van der Waals surface area contributed by atoms with E-state index in [0.717, 1.165) is 0 Å². The first-order valence-electron chi connectivity index (χ1n) is 5.99. The van der Waals surface area contributed by atoms with E-state index in [1.807, 2.05) is 0 Å². The second-order valence-corrected chi connectivity index (χ2v) is 6.35. The van der Waals surface area contributed by atoms with Crippen LogP contribution in [0.3, 0.4) is 0 Å². The molecule has 0 aromatic heterocycles. The highest BCUT2D eigenvalue weighted by Gasteiger charge is 2.24. The molecule has 21 heavy (non-hydrogen) atoms. The highest BCUT2D eigenvalue weighted by Crippen LogP contribution is 2.46. The lowest BCUT2D eigenvalue weighted by atomic mass is 10.0. The number of hydrogen-bond acceptors (Lipinski definition) is 2. The molecule has 6 heteroatoms. The minimum atomic E-state index is -0.411. The number of benzene rings is 2. The highest BCUT2D eigenvalue weighted by molar-refractivity contribution is 9.11. The SMILES string of the molecule is COc1ccc(C(Br)c2c(F)cccc2Br)c(OC)c1Cl. The molecule has 0 amide bonds. The van der Waals surface area contributed by atoms with Gasteiger partial charge in [-0.1, -0.05) is 55.6 Å². The van der Waals surface area contributed by atoms with Crippen molar-refractivity contribution < 1.29 is 13.9 Å². The third-order valence-electron chi connectivity index (χ3n) is 3.04. The Balaban J connectivity index is 2.59. The summed E-state index contributed by atoms with van der Waals surface area (Å²) in [5.41, 5.74) is 1.20. The summed E-state index contributed by atoms with van der Waals surface area (Å²) >= 11 is 13.1. The molecule has 0 N–H and O–H groups in total. The third kappa shape index (κ3) is 3.20. The average molecular weight is 439 g/mol. The molecule has 2 nitrogen and oxygen atoms in total. The fourth-order valence-electron chi connectivity index (χ4n) is 2.03. The van der Waals surface area contributed by atoms with Crippen LogP contribution < -0.4 is 9.47 Å². The Bertz CT molecular complexity index is 644. The normalized spacial score (nSPS) is 12.1. The molecule has 0 fully saturated rings. The van der Waals surface area contributed by atoms with Gasteiger partial charge in [-0.3, -0.25) is 0 Å². The highest BCUT2D eigenvalue weighted by atomic mass is 79.9. The molecular weight excluding hydrogens is 426 g/mol. The van der Waals surface area contributed by atoms with Gasteiger partial charge in [-0.15, -0.1) is 0 Å². The van der Waals surface area contributed by atoms with Crippen LogP contribution in [0, 0.1) is 5.82 Å². The van der Waals surface area contributed by atoms with Gasteiger partial charge in [-0.25, -0.2) is 4.39 Å². The van der Waals surface area contributed by atoms with Crippen molar-refractivity contribution in [3.8, 4) is 11.5 Å². The van der Waals surface area contributed by atoms with E-state index in [1.165, 1.54) is 20.3 Å². The zero-order valence-electron chi connectivity index (χ0n) is 11.3. The molecule has 0 heterocycles. The lowest BCUT2D eigenvalue weighted by Gasteiger charge is -2.18. The van der Waals surface area contributed by atoms with Gasteiger partial charge in [0.05, 0.1) is 19.0 Å². The topological polar surface area (TPSA) is 18.5 Å². The molecule has 0 spiro atoms. The molecule has 0 aliphatic carbocycles. The molecule has 1 atom stereocenters. The van der Waals surface area contributed by atoms with Gasteiger partial charge < -0.3 is 9.47 Å². The molecule has 112 valence electrons. The summed E-state index contributed by atoms with van der Waals surface area (Å²) in [6.07, 6.45) is 0. The maximum absolute atomic E-state index is 14.1. The fraction of sp³-hybridized carbons (Fsp3) is 0.200. The first-order valence-corrected chi connectivity index (χ1v) is 8.08. The molecule has 0 saturated carbocycles. The fourth-order valence-corrected chi connectivity index (χ4v) is 4.06. The van der Waals surface area contributed by atoms with Crippen molar-refractivity contribution in [1.82, 2.24) is 0 Å². The van der Waals surface area contributed by atoms with Gasteiger partial charge in [-0.2, -0.15) is 0 Å². The van der Waals surface area contributed by atoms with Crippen LogP contribution in [-0.2, 0) is 0 Å². The maximum Gasteiger partial charge on any atom is 0.145 e. The Morgan fingerprint density at radius 2 is 1.86 bits per heavy atom. The van der Waals surface area contributed by atoms with Crippen molar-refractivity contribution in [2.45, 2.75) is 4.83 Å². The van der Waals surface area contributed by atoms with Crippen molar-refractivity contribution in [3.63, 3.8) is 0 Å². The van der Waals surface area contributed by atoms with E-state index in [4.69, 9.17) is 21.1 Å². The van der Waals surface area contributed by atoms with E-state index < -0.39 is 4.83 Å². The van der Waals surface area contributed by atoms with Gasteiger partial charge in [-0.05, 0) is 18.2 Å². The van der Waals surface area contributed by atoms with E-state index in [2.05, 4.69) is 31.9 Å². The van der Waals surface area contributed by atoms with Crippen LogP contribution in [0.15, 0.2) is 34.8 Å². The second-order valence-electron chi connectivity index (χ2n) is 4.20. The third-order valence-corrected chi connectivity index (χ3v) is 5.04. The zero-order valence-corrected chi connectivity index (χ0v) is 15.2. The van der Waals surface area contributed by atoms with Gasteiger partial charge in [0, 0.05) is 15.6 Å². The van der Waals surface area contributed by atoms with E-state index >= 15 is 0 Å². The molecule has 0 saturated heterocycles. The van der Waals surface area contributed by atoms with E-state index in [1.54, 1.807) is 24.3 Å².